The van der Waals surface area contributed by atoms with Gasteiger partial charge in [0.1, 0.15) is 18.2 Å². The summed E-state index contributed by atoms with van der Waals surface area (Å²) in [5.41, 5.74) is 6.40. The Morgan fingerprint density at radius 3 is 2.33 bits per heavy atom. The van der Waals surface area contributed by atoms with Crippen molar-refractivity contribution in [2.45, 2.75) is 58.3 Å². The first-order valence-electron chi connectivity index (χ1n) is 7.91. The average Bonchev–Trinajstić information content (AvgIpc) is 2.50. The summed E-state index contributed by atoms with van der Waals surface area (Å²) in [5.74, 6) is -1.49. The Balaban J connectivity index is 2.53. The van der Waals surface area contributed by atoms with Gasteiger partial charge in [0.15, 0.2) is 11.5 Å². The standard InChI is InChI=1S/C17H25NO6/c1-4-5-16(21)23-10(2)11(3)24-17(22)13(18)8-12-6-7-14(19)15(20)9-12/h6-7,9-11,13,19-20H,4-5,8,18H2,1-3H3/t10?,11-,13+/m1/s1. The van der Waals surface area contributed by atoms with Crippen LogP contribution in [0, 0.1) is 0 Å². The Kier molecular flexibility index (Phi) is 7.51. The number of ether oxygens (including phenoxy) is 2. The van der Waals surface area contributed by atoms with Gasteiger partial charge in [-0.15, -0.1) is 0 Å². The molecule has 0 bridgehead atoms. The maximum atomic E-state index is 12.0. The van der Waals surface area contributed by atoms with Crippen LogP contribution in [0.15, 0.2) is 18.2 Å². The lowest BCUT2D eigenvalue weighted by molar-refractivity contribution is -0.166. The van der Waals surface area contributed by atoms with Crippen LogP contribution in [-0.4, -0.2) is 40.4 Å². The molecule has 0 aromatic heterocycles. The van der Waals surface area contributed by atoms with Crippen molar-refractivity contribution in [2.24, 2.45) is 5.73 Å². The maximum Gasteiger partial charge on any atom is 0.323 e. The molecule has 0 spiro atoms. The van der Waals surface area contributed by atoms with Crippen LogP contribution in [-0.2, 0) is 25.5 Å². The molecule has 7 nitrogen and oxygen atoms in total. The molecule has 0 radical (unpaired) electrons. The molecule has 0 fully saturated rings. The number of carbonyl (C=O) groups is 2. The van der Waals surface area contributed by atoms with Crippen molar-refractivity contribution in [1.82, 2.24) is 0 Å². The third kappa shape index (κ3) is 6.08. The molecule has 1 rings (SSSR count). The van der Waals surface area contributed by atoms with Crippen molar-refractivity contribution in [3.05, 3.63) is 23.8 Å². The van der Waals surface area contributed by atoms with Gasteiger partial charge in [0.05, 0.1) is 0 Å². The molecular formula is C17H25NO6. The van der Waals surface area contributed by atoms with E-state index in [4.69, 9.17) is 15.2 Å². The largest absolute Gasteiger partial charge is 0.504 e. The van der Waals surface area contributed by atoms with Crippen LogP contribution in [0.5, 0.6) is 11.5 Å². The van der Waals surface area contributed by atoms with Crippen LogP contribution >= 0.6 is 0 Å². The van der Waals surface area contributed by atoms with Gasteiger partial charge in [-0.1, -0.05) is 13.0 Å². The molecule has 0 saturated carbocycles. The smallest absolute Gasteiger partial charge is 0.323 e. The van der Waals surface area contributed by atoms with Gasteiger partial charge in [0, 0.05) is 6.42 Å². The van der Waals surface area contributed by atoms with E-state index in [1.54, 1.807) is 19.9 Å². The van der Waals surface area contributed by atoms with E-state index >= 15 is 0 Å². The SMILES string of the molecule is CCCC(=O)OC(C)[C@@H](C)OC(=O)[C@@H](N)Cc1ccc(O)c(O)c1. The third-order valence-electron chi connectivity index (χ3n) is 3.53. The van der Waals surface area contributed by atoms with Crippen molar-refractivity contribution >= 4 is 11.9 Å². The molecule has 0 aliphatic heterocycles. The van der Waals surface area contributed by atoms with Crippen LogP contribution in [0.2, 0.25) is 0 Å². The van der Waals surface area contributed by atoms with Crippen LogP contribution < -0.4 is 5.73 Å². The fourth-order valence-electron chi connectivity index (χ4n) is 1.97. The maximum absolute atomic E-state index is 12.0. The fraction of sp³-hybridized carbons (Fsp3) is 0.529. The lowest BCUT2D eigenvalue weighted by Crippen LogP contribution is -2.39. The minimum Gasteiger partial charge on any atom is -0.504 e. The molecule has 1 aromatic rings. The molecule has 24 heavy (non-hydrogen) atoms. The number of nitrogens with two attached hydrogens (primary N) is 1. The molecule has 0 aliphatic carbocycles. The normalized spacial score (nSPS) is 14.5. The highest BCUT2D eigenvalue weighted by molar-refractivity contribution is 5.76. The zero-order valence-electron chi connectivity index (χ0n) is 14.2. The lowest BCUT2D eigenvalue weighted by Gasteiger charge is -2.22. The second-order valence-corrected chi connectivity index (χ2v) is 5.72. The summed E-state index contributed by atoms with van der Waals surface area (Å²) in [6.07, 6.45) is -0.0574. The molecule has 3 atom stereocenters. The second-order valence-electron chi connectivity index (χ2n) is 5.72. The zero-order valence-corrected chi connectivity index (χ0v) is 14.2. The van der Waals surface area contributed by atoms with Gasteiger partial charge in [0.2, 0.25) is 0 Å². The highest BCUT2D eigenvalue weighted by Crippen LogP contribution is 2.25. The topological polar surface area (TPSA) is 119 Å². The highest BCUT2D eigenvalue weighted by Gasteiger charge is 2.24. The third-order valence-corrected chi connectivity index (χ3v) is 3.53. The predicted molar refractivity (Wildman–Crippen MR) is 87.5 cm³/mol. The molecule has 0 aliphatic rings. The number of hydrogen-bond donors (Lipinski definition) is 3. The van der Waals surface area contributed by atoms with Crippen molar-refractivity contribution < 1.29 is 29.3 Å². The van der Waals surface area contributed by atoms with Gasteiger partial charge >= 0.3 is 11.9 Å². The summed E-state index contributed by atoms with van der Waals surface area (Å²) in [7, 11) is 0. The zero-order chi connectivity index (χ0) is 18.3. The van der Waals surface area contributed by atoms with E-state index in [0.717, 1.165) is 0 Å². The number of benzene rings is 1. The quantitative estimate of drug-likeness (QED) is 0.486. The van der Waals surface area contributed by atoms with E-state index in [1.165, 1.54) is 12.1 Å². The number of phenolic OH excluding ortho intramolecular Hbond substituents is 2. The summed E-state index contributed by atoms with van der Waals surface area (Å²) in [6, 6.07) is 3.28. The van der Waals surface area contributed by atoms with Crippen LogP contribution in [0.3, 0.4) is 0 Å². The Hall–Kier alpha value is -2.28. The molecule has 0 amide bonds. The summed E-state index contributed by atoms with van der Waals surface area (Å²) in [5, 5.41) is 18.7. The number of aromatic hydroxyl groups is 2. The van der Waals surface area contributed by atoms with Gasteiger partial charge in [-0.05, 0) is 44.4 Å². The second kappa shape index (κ2) is 9.12. The number of esters is 2. The minimum atomic E-state index is -0.935. The van der Waals surface area contributed by atoms with Crippen LogP contribution in [0.25, 0.3) is 0 Å². The van der Waals surface area contributed by atoms with Gasteiger partial charge in [0.25, 0.3) is 0 Å². The van der Waals surface area contributed by atoms with Crippen molar-refractivity contribution in [3.63, 3.8) is 0 Å². The molecule has 7 heteroatoms. The van der Waals surface area contributed by atoms with Crippen LogP contribution in [0.4, 0.5) is 0 Å². The molecule has 1 unspecified atom stereocenters. The molecule has 134 valence electrons. The first-order valence-corrected chi connectivity index (χ1v) is 7.91. The van der Waals surface area contributed by atoms with Crippen LogP contribution in [0.1, 0.15) is 39.2 Å². The van der Waals surface area contributed by atoms with E-state index < -0.39 is 24.2 Å². The Bertz CT molecular complexity index is 574. The average molecular weight is 339 g/mol. The van der Waals surface area contributed by atoms with E-state index in [1.807, 2.05) is 6.92 Å². The Labute approximate surface area is 141 Å². The molecule has 4 N–H and O–H groups in total. The first kappa shape index (κ1) is 19.8. The summed E-state index contributed by atoms with van der Waals surface area (Å²) in [4.78, 5) is 23.5. The van der Waals surface area contributed by atoms with Crippen molar-refractivity contribution in [3.8, 4) is 11.5 Å². The monoisotopic (exact) mass is 339 g/mol. The molecule has 1 aromatic carbocycles. The number of hydrogen-bond acceptors (Lipinski definition) is 7. The van der Waals surface area contributed by atoms with E-state index in [-0.39, 0.29) is 23.9 Å². The fourth-order valence-corrected chi connectivity index (χ4v) is 1.97. The molecular weight excluding hydrogens is 314 g/mol. The van der Waals surface area contributed by atoms with Gasteiger partial charge in [-0.3, -0.25) is 9.59 Å². The molecule has 0 saturated heterocycles. The number of carbonyl (C=O) groups excluding carboxylic acids is 2. The first-order chi connectivity index (χ1) is 11.2. The summed E-state index contributed by atoms with van der Waals surface area (Å²) >= 11 is 0. The molecule has 0 heterocycles. The number of rotatable bonds is 8. The predicted octanol–water partition coefficient (Wildman–Crippen LogP) is 1.63. The van der Waals surface area contributed by atoms with Crippen molar-refractivity contribution in [2.75, 3.05) is 0 Å². The van der Waals surface area contributed by atoms with Gasteiger partial charge in [-0.2, -0.15) is 0 Å². The van der Waals surface area contributed by atoms with Gasteiger partial charge in [-0.25, -0.2) is 0 Å². The summed E-state index contributed by atoms with van der Waals surface area (Å²) < 4.78 is 10.4. The lowest BCUT2D eigenvalue weighted by atomic mass is 10.1. The minimum absolute atomic E-state index is 0.142. The van der Waals surface area contributed by atoms with E-state index in [2.05, 4.69) is 0 Å². The van der Waals surface area contributed by atoms with E-state index in [9.17, 15) is 19.8 Å². The Morgan fingerprint density at radius 1 is 1.12 bits per heavy atom. The van der Waals surface area contributed by atoms with Gasteiger partial charge < -0.3 is 25.4 Å². The Morgan fingerprint density at radius 2 is 1.75 bits per heavy atom. The van der Waals surface area contributed by atoms with Crippen molar-refractivity contribution in [1.29, 1.82) is 0 Å². The highest BCUT2D eigenvalue weighted by atomic mass is 16.6. The summed E-state index contributed by atoms with van der Waals surface area (Å²) in [6.45, 7) is 5.14. The number of phenols is 2. The van der Waals surface area contributed by atoms with E-state index in [0.29, 0.717) is 18.4 Å².